The fourth-order valence-corrected chi connectivity index (χ4v) is 2.74. The Balaban J connectivity index is 1.51. The first-order chi connectivity index (χ1) is 10.4. The molecule has 1 aromatic carbocycles. The third-order valence-corrected chi connectivity index (χ3v) is 3.89. The van der Waals surface area contributed by atoms with Crippen molar-refractivity contribution in [2.45, 2.75) is 24.9 Å². The molecular weight excluding hydrogens is 270 g/mol. The summed E-state index contributed by atoms with van der Waals surface area (Å²) in [5.41, 5.74) is 0.995. The minimum atomic E-state index is -0.245. The molecule has 2 aliphatic heterocycles. The SMILES string of the molecule is c1ccc2c(c1)NCC(c1nc(C3CCCOC3)no1)O2. The van der Waals surface area contributed by atoms with Gasteiger partial charge in [0.15, 0.2) is 11.9 Å². The van der Waals surface area contributed by atoms with Gasteiger partial charge in [0, 0.05) is 12.5 Å². The normalized spacial score (nSPS) is 24.8. The summed E-state index contributed by atoms with van der Waals surface area (Å²) in [6.45, 7) is 2.12. The van der Waals surface area contributed by atoms with Crippen molar-refractivity contribution in [2.24, 2.45) is 0 Å². The van der Waals surface area contributed by atoms with Gasteiger partial charge < -0.3 is 19.3 Å². The molecule has 0 spiro atoms. The Bertz CT molecular complexity index is 622. The van der Waals surface area contributed by atoms with Crippen LogP contribution in [0, 0.1) is 0 Å². The predicted molar refractivity (Wildman–Crippen MR) is 75.4 cm³/mol. The van der Waals surface area contributed by atoms with Crippen LogP contribution in [0.2, 0.25) is 0 Å². The van der Waals surface area contributed by atoms with Gasteiger partial charge >= 0.3 is 0 Å². The average Bonchev–Trinajstić information content (AvgIpc) is 3.05. The summed E-state index contributed by atoms with van der Waals surface area (Å²) >= 11 is 0. The van der Waals surface area contributed by atoms with Crippen LogP contribution in [-0.2, 0) is 4.74 Å². The highest BCUT2D eigenvalue weighted by molar-refractivity contribution is 5.57. The van der Waals surface area contributed by atoms with E-state index in [1.165, 1.54) is 0 Å². The smallest absolute Gasteiger partial charge is 0.269 e. The fraction of sp³-hybridized carbons (Fsp3) is 0.467. The molecule has 1 saturated heterocycles. The van der Waals surface area contributed by atoms with Crippen molar-refractivity contribution in [3.63, 3.8) is 0 Å². The Kier molecular flexibility index (Phi) is 3.23. The van der Waals surface area contributed by atoms with Gasteiger partial charge in [-0.3, -0.25) is 0 Å². The number of hydrogen-bond acceptors (Lipinski definition) is 6. The molecule has 3 heterocycles. The Labute approximate surface area is 122 Å². The molecule has 0 radical (unpaired) electrons. The van der Waals surface area contributed by atoms with E-state index in [2.05, 4.69) is 15.5 Å². The van der Waals surface area contributed by atoms with Gasteiger partial charge in [0.25, 0.3) is 5.89 Å². The monoisotopic (exact) mass is 287 g/mol. The van der Waals surface area contributed by atoms with Crippen molar-refractivity contribution in [3.05, 3.63) is 36.0 Å². The van der Waals surface area contributed by atoms with Crippen LogP contribution in [-0.4, -0.2) is 29.9 Å². The minimum Gasteiger partial charge on any atom is -0.477 e. The van der Waals surface area contributed by atoms with Crippen LogP contribution in [0.4, 0.5) is 5.69 Å². The van der Waals surface area contributed by atoms with E-state index >= 15 is 0 Å². The molecule has 1 fully saturated rings. The summed E-state index contributed by atoms with van der Waals surface area (Å²) in [4.78, 5) is 4.51. The first kappa shape index (κ1) is 12.6. The van der Waals surface area contributed by atoms with Gasteiger partial charge in [-0.25, -0.2) is 0 Å². The van der Waals surface area contributed by atoms with Crippen LogP contribution in [0.3, 0.4) is 0 Å². The molecular formula is C15H17N3O3. The van der Waals surface area contributed by atoms with E-state index < -0.39 is 0 Å². The maximum absolute atomic E-state index is 5.93. The molecule has 1 N–H and O–H groups in total. The molecule has 2 aromatic rings. The van der Waals surface area contributed by atoms with Gasteiger partial charge in [-0.1, -0.05) is 17.3 Å². The zero-order chi connectivity index (χ0) is 14.1. The summed E-state index contributed by atoms with van der Waals surface area (Å²) in [5, 5.41) is 7.42. The van der Waals surface area contributed by atoms with E-state index in [1.807, 2.05) is 24.3 Å². The van der Waals surface area contributed by atoms with Gasteiger partial charge in [-0.15, -0.1) is 0 Å². The van der Waals surface area contributed by atoms with E-state index in [-0.39, 0.29) is 12.0 Å². The van der Waals surface area contributed by atoms with E-state index in [0.717, 1.165) is 36.7 Å². The van der Waals surface area contributed by atoms with Crippen molar-refractivity contribution >= 4 is 5.69 Å². The lowest BCUT2D eigenvalue weighted by molar-refractivity contribution is 0.0773. The fourth-order valence-electron chi connectivity index (χ4n) is 2.74. The van der Waals surface area contributed by atoms with Crippen LogP contribution in [0.1, 0.15) is 36.6 Å². The van der Waals surface area contributed by atoms with Gasteiger partial charge in [0.1, 0.15) is 5.75 Å². The van der Waals surface area contributed by atoms with Crippen molar-refractivity contribution in [1.29, 1.82) is 0 Å². The molecule has 0 aliphatic carbocycles. The second kappa shape index (κ2) is 5.37. The van der Waals surface area contributed by atoms with Crippen LogP contribution in [0.15, 0.2) is 28.8 Å². The molecule has 6 heteroatoms. The number of anilines is 1. The third-order valence-electron chi connectivity index (χ3n) is 3.89. The third kappa shape index (κ3) is 2.47. The molecule has 110 valence electrons. The van der Waals surface area contributed by atoms with Crippen molar-refractivity contribution in [2.75, 3.05) is 25.1 Å². The summed E-state index contributed by atoms with van der Waals surface area (Å²) in [6.07, 6.45) is 1.85. The highest BCUT2D eigenvalue weighted by atomic mass is 16.5. The van der Waals surface area contributed by atoms with Gasteiger partial charge in [-0.2, -0.15) is 4.98 Å². The molecule has 2 atom stereocenters. The summed E-state index contributed by atoms with van der Waals surface area (Å²) < 4.78 is 16.8. The molecule has 6 nitrogen and oxygen atoms in total. The Morgan fingerprint density at radius 1 is 1.24 bits per heavy atom. The quantitative estimate of drug-likeness (QED) is 0.915. The number of hydrogen-bond donors (Lipinski definition) is 1. The lowest BCUT2D eigenvalue weighted by atomic mass is 10.0. The van der Waals surface area contributed by atoms with E-state index in [1.54, 1.807) is 0 Å². The first-order valence-electron chi connectivity index (χ1n) is 7.31. The Hall–Kier alpha value is -2.08. The standard InChI is InChI=1S/C15H17N3O3/c1-2-6-12-11(5-1)16-8-13(20-12)15-17-14(18-21-15)10-4-3-7-19-9-10/h1-2,5-6,10,13,16H,3-4,7-9H2. The number of rotatable bonds is 2. The second-order valence-electron chi connectivity index (χ2n) is 5.39. The lowest BCUT2D eigenvalue weighted by Crippen LogP contribution is -2.24. The molecule has 2 aliphatic rings. The van der Waals surface area contributed by atoms with Crippen molar-refractivity contribution < 1.29 is 14.0 Å². The maximum Gasteiger partial charge on any atom is 0.269 e. The van der Waals surface area contributed by atoms with Crippen molar-refractivity contribution in [3.8, 4) is 5.75 Å². The van der Waals surface area contributed by atoms with Gasteiger partial charge in [0.2, 0.25) is 0 Å². The largest absolute Gasteiger partial charge is 0.477 e. The lowest BCUT2D eigenvalue weighted by Gasteiger charge is -2.24. The number of ether oxygens (including phenoxy) is 2. The van der Waals surface area contributed by atoms with Gasteiger partial charge in [-0.05, 0) is 25.0 Å². The Morgan fingerprint density at radius 3 is 3.10 bits per heavy atom. The molecule has 0 bridgehead atoms. The topological polar surface area (TPSA) is 69.4 Å². The number of para-hydroxylation sites is 2. The molecule has 21 heavy (non-hydrogen) atoms. The highest BCUT2D eigenvalue weighted by Gasteiger charge is 2.28. The molecule has 0 saturated carbocycles. The predicted octanol–water partition coefficient (Wildman–Crippen LogP) is 2.51. The zero-order valence-corrected chi connectivity index (χ0v) is 11.6. The van der Waals surface area contributed by atoms with Crippen LogP contribution >= 0.6 is 0 Å². The molecule has 4 rings (SSSR count). The number of aromatic nitrogens is 2. The molecule has 1 aromatic heterocycles. The summed E-state index contributed by atoms with van der Waals surface area (Å²) in [7, 11) is 0. The number of fused-ring (bicyclic) bond motifs is 1. The number of nitrogens with zero attached hydrogens (tertiary/aromatic N) is 2. The first-order valence-corrected chi connectivity index (χ1v) is 7.31. The van der Waals surface area contributed by atoms with Crippen LogP contribution < -0.4 is 10.1 Å². The molecule has 2 unspecified atom stereocenters. The highest BCUT2D eigenvalue weighted by Crippen LogP contribution is 2.33. The molecule has 0 amide bonds. The van der Waals surface area contributed by atoms with Crippen LogP contribution in [0.25, 0.3) is 0 Å². The van der Waals surface area contributed by atoms with Gasteiger partial charge in [0.05, 0.1) is 18.8 Å². The summed E-state index contributed by atoms with van der Waals surface area (Å²) in [5.74, 6) is 2.30. The van der Waals surface area contributed by atoms with Crippen LogP contribution in [0.5, 0.6) is 5.75 Å². The van der Waals surface area contributed by atoms with E-state index in [4.69, 9.17) is 14.0 Å². The Morgan fingerprint density at radius 2 is 2.19 bits per heavy atom. The second-order valence-corrected chi connectivity index (χ2v) is 5.39. The van der Waals surface area contributed by atoms with E-state index in [9.17, 15) is 0 Å². The maximum atomic E-state index is 5.93. The minimum absolute atomic E-state index is 0.236. The average molecular weight is 287 g/mol. The zero-order valence-electron chi connectivity index (χ0n) is 11.6. The number of nitrogens with one attached hydrogen (secondary N) is 1. The van der Waals surface area contributed by atoms with E-state index in [0.29, 0.717) is 19.0 Å². The number of benzene rings is 1. The summed E-state index contributed by atoms with van der Waals surface area (Å²) in [6, 6.07) is 7.84. The van der Waals surface area contributed by atoms with Crippen molar-refractivity contribution in [1.82, 2.24) is 10.1 Å².